The van der Waals surface area contributed by atoms with E-state index in [2.05, 4.69) is 24.1 Å². The van der Waals surface area contributed by atoms with Crippen molar-refractivity contribution >= 4 is 0 Å². The van der Waals surface area contributed by atoms with Crippen LogP contribution in [-0.2, 0) is 0 Å². The fourth-order valence-corrected chi connectivity index (χ4v) is 3.80. The quantitative estimate of drug-likeness (QED) is 0.835. The van der Waals surface area contributed by atoms with Crippen LogP contribution in [0.25, 0.3) is 0 Å². The molecule has 19 heavy (non-hydrogen) atoms. The maximum atomic E-state index is 3.72. The Morgan fingerprint density at radius 1 is 1.11 bits per heavy atom. The van der Waals surface area contributed by atoms with Crippen molar-refractivity contribution in [2.75, 3.05) is 26.2 Å². The summed E-state index contributed by atoms with van der Waals surface area (Å²) in [5.41, 5.74) is 0. The van der Waals surface area contributed by atoms with Gasteiger partial charge in [0.15, 0.2) is 0 Å². The number of hydrogen-bond donors (Lipinski definition) is 1. The highest BCUT2D eigenvalue weighted by atomic mass is 15.1. The first kappa shape index (κ1) is 15.3. The third-order valence-corrected chi connectivity index (χ3v) is 5.19. The van der Waals surface area contributed by atoms with Crippen molar-refractivity contribution in [3.05, 3.63) is 0 Å². The zero-order chi connectivity index (χ0) is 13.5. The minimum absolute atomic E-state index is 0.750. The van der Waals surface area contributed by atoms with E-state index in [4.69, 9.17) is 0 Å². The Balaban J connectivity index is 1.73. The van der Waals surface area contributed by atoms with E-state index in [1.54, 1.807) is 0 Å². The average molecular weight is 266 g/mol. The molecule has 2 aliphatic rings. The average Bonchev–Trinajstić information content (AvgIpc) is 2.43. The summed E-state index contributed by atoms with van der Waals surface area (Å²) in [5.74, 6) is 1.84. The molecule has 0 aromatic carbocycles. The van der Waals surface area contributed by atoms with Crippen molar-refractivity contribution in [2.24, 2.45) is 11.8 Å². The summed E-state index contributed by atoms with van der Waals surface area (Å²) in [4.78, 5) is 2.75. The van der Waals surface area contributed by atoms with E-state index in [9.17, 15) is 0 Å². The van der Waals surface area contributed by atoms with Crippen LogP contribution in [0.1, 0.15) is 65.2 Å². The Hall–Kier alpha value is -0.0800. The lowest BCUT2D eigenvalue weighted by Crippen LogP contribution is -2.43. The predicted octanol–water partition coefficient (Wildman–Crippen LogP) is 3.67. The molecule has 0 bridgehead atoms. The van der Waals surface area contributed by atoms with Crippen LogP contribution < -0.4 is 5.32 Å². The van der Waals surface area contributed by atoms with Gasteiger partial charge in [-0.1, -0.05) is 46.0 Å². The molecule has 1 aliphatic heterocycles. The Kier molecular flexibility index (Phi) is 6.66. The smallest absolute Gasteiger partial charge is 0.00767 e. The van der Waals surface area contributed by atoms with E-state index in [-0.39, 0.29) is 0 Å². The normalized spacial score (nSPS) is 31.9. The molecule has 0 radical (unpaired) electrons. The molecule has 2 nitrogen and oxygen atoms in total. The Labute approximate surface area is 120 Å². The lowest BCUT2D eigenvalue weighted by molar-refractivity contribution is 0.178. The van der Waals surface area contributed by atoms with E-state index in [0.29, 0.717) is 0 Å². The molecular weight excluding hydrogens is 232 g/mol. The molecule has 2 unspecified atom stereocenters. The summed E-state index contributed by atoms with van der Waals surface area (Å²) in [6, 6.07) is 0.750. The van der Waals surface area contributed by atoms with Crippen molar-refractivity contribution < 1.29 is 0 Å². The van der Waals surface area contributed by atoms with Crippen LogP contribution >= 0.6 is 0 Å². The van der Waals surface area contributed by atoms with Crippen molar-refractivity contribution in [1.29, 1.82) is 0 Å². The molecule has 1 saturated heterocycles. The molecule has 0 amide bonds. The second kappa shape index (κ2) is 8.26. The predicted molar refractivity (Wildman–Crippen MR) is 83.5 cm³/mol. The van der Waals surface area contributed by atoms with Crippen LogP contribution in [0.3, 0.4) is 0 Å². The topological polar surface area (TPSA) is 15.3 Å². The van der Waals surface area contributed by atoms with Crippen LogP contribution in [0.15, 0.2) is 0 Å². The minimum atomic E-state index is 0.750. The molecule has 1 heterocycles. The van der Waals surface area contributed by atoms with E-state index in [1.165, 1.54) is 77.5 Å². The highest BCUT2D eigenvalue weighted by Gasteiger charge is 2.19. The first-order valence-corrected chi connectivity index (χ1v) is 8.73. The third-order valence-electron chi connectivity index (χ3n) is 5.19. The molecule has 1 aliphatic carbocycles. The largest absolute Gasteiger partial charge is 0.314 e. The SMILES string of the molecule is CCC1CCN(CCC2CCCCC2)CC(C)CN1. The number of hydrogen-bond acceptors (Lipinski definition) is 2. The van der Waals surface area contributed by atoms with Gasteiger partial charge in [0.25, 0.3) is 0 Å². The fraction of sp³-hybridized carbons (Fsp3) is 1.00. The Morgan fingerprint density at radius 3 is 2.63 bits per heavy atom. The molecular formula is C17H34N2. The number of nitrogens with zero attached hydrogens (tertiary/aromatic N) is 1. The maximum Gasteiger partial charge on any atom is 0.00767 e. The first-order chi connectivity index (χ1) is 9.28. The lowest BCUT2D eigenvalue weighted by Gasteiger charge is -2.33. The fourth-order valence-electron chi connectivity index (χ4n) is 3.80. The lowest BCUT2D eigenvalue weighted by atomic mass is 9.87. The van der Waals surface area contributed by atoms with Crippen LogP contribution in [0.2, 0.25) is 0 Å². The monoisotopic (exact) mass is 266 g/mol. The van der Waals surface area contributed by atoms with Crippen LogP contribution in [0.5, 0.6) is 0 Å². The molecule has 2 heteroatoms. The summed E-state index contributed by atoms with van der Waals surface area (Å²) < 4.78 is 0. The molecule has 2 atom stereocenters. The molecule has 0 spiro atoms. The summed E-state index contributed by atoms with van der Waals surface area (Å²) >= 11 is 0. The zero-order valence-corrected chi connectivity index (χ0v) is 13.2. The third kappa shape index (κ3) is 5.43. The van der Waals surface area contributed by atoms with E-state index in [1.807, 2.05) is 0 Å². The number of nitrogens with one attached hydrogen (secondary N) is 1. The molecule has 112 valence electrons. The standard InChI is InChI=1S/C17H34N2/c1-3-17-10-12-19(14-15(2)13-18-17)11-9-16-7-5-4-6-8-16/h15-18H,3-14H2,1-2H3. The van der Waals surface area contributed by atoms with Gasteiger partial charge in [0.1, 0.15) is 0 Å². The first-order valence-electron chi connectivity index (χ1n) is 8.73. The molecule has 0 aromatic heterocycles. The summed E-state index contributed by atoms with van der Waals surface area (Å²) in [5, 5.41) is 3.72. The van der Waals surface area contributed by atoms with Gasteiger partial charge in [0, 0.05) is 12.6 Å². The van der Waals surface area contributed by atoms with Gasteiger partial charge in [0.2, 0.25) is 0 Å². The zero-order valence-electron chi connectivity index (χ0n) is 13.2. The van der Waals surface area contributed by atoms with Crippen molar-refractivity contribution in [2.45, 2.75) is 71.3 Å². The van der Waals surface area contributed by atoms with Gasteiger partial charge in [-0.25, -0.2) is 0 Å². The summed E-state index contributed by atoms with van der Waals surface area (Å²) in [7, 11) is 0. The van der Waals surface area contributed by atoms with Gasteiger partial charge in [-0.2, -0.15) is 0 Å². The Bertz CT molecular complexity index is 235. The van der Waals surface area contributed by atoms with E-state index < -0.39 is 0 Å². The van der Waals surface area contributed by atoms with Crippen molar-refractivity contribution in [1.82, 2.24) is 10.2 Å². The van der Waals surface area contributed by atoms with Crippen LogP contribution in [0.4, 0.5) is 0 Å². The number of rotatable bonds is 4. The molecule has 1 saturated carbocycles. The van der Waals surface area contributed by atoms with Crippen molar-refractivity contribution in [3.63, 3.8) is 0 Å². The van der Waals surface area contributed by atoms with E-state index >= 15 is 0 Å². The van der Waals surface area contributed by atoms with Gasteiger partial charge in [0.05, 0.1) is 0 Å². The molecule has 2 fully saturated rings. The van der Waals surface area contributed by atoms with Crippen LogP contribution in [0, 0.1) is 11.8 Å². The molecule has 0 aromatic rings. The highest BCUT2D eigenvalue weighted by molar-refractivity contribution is 4.76. The highest BCUT2D eigenvalue weighted by Crippen LogP contribution is 2.26. The molecule has 1 N–H and O–H groups in total. The Morgan fingerprint density at radius 2 is 1.89 bits per heavy atom. The van der Waals surface area contributed by atoms with Crippen LogP contribution in [-0.4, -0.2) is 37.1 Å². The second-order valence-electron chi connectivity index (χ2n) is 7.00. The minimum Gasteiger partial charge on any atom is -0.314 e. The van der Waals surface area contributed by atoms with E-state index in [0.717, 1.165) is 17.9 Å². The van der Waals surface area contributed by atoms with Gasteiger partial charge < -0.3 is 10.2 Å². The molecule has 2 rings (SSSR count). The van der Waals surface area contributed by atoms with Gasteiger partial charge in [-0.3, -0.25) is 0 Å². The second-order valence-corrected chi connectivity index (χ2v) is 7.00. The maximum absolute atomic E-state index is 3.72. The van der Waals surface area contributed by atoms with Crippen molar-refractivity contribution in [3.8, 4) is 0 Å². The summed E-state index contributed by atoms with van der Waals surface area (Å²) in [6.45, 7) is 9.89. The van der Waals surface area contributed by atoms with Gasteiger partial charge in [-0.15, -0.1) is 0 Å². The van der Waals surface area contributed by atoms with Gasteiger partial charge >= 0.3 is 0 Å². The summed E-state index contributed by atoms with van der Waals surface area (Å²) in [6.07, 6.45) is 11.5. The van der Waals surface area contributed by atoms with Gasteiger partial charge in [-0.05, 0) is 50.7 Å².